The van der Waals surface area contributed by atoms with Crippen molar-refractivity contribution in [3.8, 4) is 5.75 Å². The molecule has 6 heteroatoms. The molecule has 2 heterocycles. The van der Waals surface area contributed by atoms with E-state index in [1.165, 1.54) is 0 Å². The Hall–Kier alpha value is -2.34. The number of piperazine rings is 1. The fourth-order valence-corrected chi connectivity index (χ4v) is 3.63. The largest absolute Gasteiger partial charge is 0.496 e. The van der Waals surface area contributed by atoms with Gasteiger partial charge >= 0.3 is 0 Å². The van der Waals surface area contributed by atoms with Crippen molar-refractivity contribution in [3.63, 3.8) is 0 Å². The van der Waals surface area contributed by atoms with Crippen LogP contribution in [0.15, 0.2) is 24.3 Å². The highest BCUT2D eigenvalue weighted by molar-refractivity contribution is 5.92. The minimum atomic E-state index is 0.00378. The number of carbonyl (C=O) groups is 2. The van der Waals surface area contributed by atoms with Crippen molar-refractivity contribution < 1.29 is 14.3 Å². The molecule has 0 N–H and O–H groups in total. The fraction of sp³-hybridized carbons (Fsp3) is 0.524. The van der Waals surface area contributed by atoms with Gasteiger partial charge in [0.25, 0.3) is 0 Å². The average Bonchev–Trinajstić information content (AvgIpc) is 3.22. The lowest BCUT2D eigenvalue weighted by molar-refractivity contribution is -0.132. The Balaban J connectivity index is 1.49. The van der Waals surface area contributed by atoms with Crippen LogP contribution in [0, 0.1) is 6.92 Å². The highest BCUT2D eigenvalue weighted by Gasteiger charge is 2.24. The highest BCUT2D eigenvalue weighted by Crippen LogP contribution is 2.21. The van der Waals surface area contributed by atoms with Gasteiger partial charge in [0.1, 0.15) is 5.75 Å². The Bertz CT molecular complexity index is 703. The molecule has 3 rings (SSSR count). The van der Waals surface area contributed by atoms with E-state index < -0.39 is 0 Å². The summed E-state index contributed by atoms with van der Waals surface area (Å²) in [6.45, 7) is 7.07. The summed E-state index contributed by atoms with van der Waals surface area (Å²) in [5, 5.41) is 0. The highest BCUT2D eigenvalue weighted by atomic mass is 16.5. The van der Waals surface area contributed by atoms with Crippen molar-refractivity contribution in [3.05, 3.63) is 35.4 Å². The van der Waals surface area contributed by atoms with E-state index in [2.05, 4.69) is 4.90 Å². The molecule has 1 aromatic carbocycles. The van der Waals surface area contributed by atoms with Crippen molar-refractivity contribution in [1.82, 2.24) is 14.7 Å². The van der Waals surface area contributed by atoms with Crippen LogP contribution in [0.1, 0.15) is 24.0 Å². The van der Waals surface area contributed by atoms with Crippen molar-refractivity contribution in [2.24, 2.45) is 0 Å². The van der Waals surface area contributed by atoms with Crippen LogP contribution in [0.3, 0.4) is 0 Å². The second-order valence-corrected chi connectivity index (χ2v) is 7.27. The van der Waals surface area contributed by atoms with Gasteiger partial charge in [0.2, 0.25) is 11.8 Å². The zero-order valence-electron chi connectivity index (χ0n) is 16.3. The van der Waals surface area contributed by atoms with Gasteiger partial charge in [-0.05, 0) is 38.0 Å². The normalized spacial score (nSPS) is 18.3. The van der Waals surface area contributed by atoms with Gasteiger partial charge in [-0.3, -0.25) is 14.5 Å². The van der Waals surface area contributed by atoms with E-state index in [0.29, 0.717) is 19.6 Å². The molecule has 2 fully saturated rings. The summed E-state index contributed by atoms with van der Waals surface area (Å²) in [5.74, 6) is 0.984. The molecule has 0 radical (unpaired) electrons. The van der Waals surface area contributed by atoms with Gasteiger partial charge in [-0.2, -0.15) is 0 Å². The Morgan fingerprint density at radius 2 is 1.74 bits per heavy atom. The average molecular weight is 371 g/mol. The molecule has 0 aromatic heterocycles. The van der Waals surface area contributed by atoms with Crippen LogP contribution in [0.2, 0.25) is 0 Å². The summed E-state index contributed by atoms with van der Waals surface area (Å²) in [6, 6.07) is 5.90. The summed E-state index contributed by atoms with van der Waals surface area (Å²) in [6.07, 6.45) is 5.66. The molecule has 0 unspecified atom stereocenters. The molecule has 0 bridgehead atoms. The lowest BCUT2D eigenvalue weighted by atomic mass is 10.1. The second-order valence-electron chi connectivity index (χ2n) is 7.27. The number of ether oxygens (including phenoxy) is 1. The maximum atomic E-state index is 12.5. The Kier molecular flexibility index (Phi) is 6.50. The molecule has 0 spiro atoms. The smallest absolute Gasteiger partial charge is 0.246 e. The van der Waals surface area contributed by atoms with E-state index in [1.54, 1.807) is 13.2 Å². The van der Waals surface area contributed by atoms with E-state index in [4.69, 9.17) is 4.74 Å². The topological polar surface area (TPSA) is 53.1 Å². The van der Waals surface area contributed by atoms with E-state index in [-0.39, 0.29) is 11.8 Å². The van der Waals surface area contributed by atoms with E-state index in [1.807, 2.05) is 41.0 Å². The molecule has 2 aliphatic heterocycles. The third-order valence-electron chi connectivity index (χ3n) is 5.29. The number of rotatable bonds is 5. The molecule has 2 aliphatic rings. The predicted molar refractivity (Wildman–Crippen MR) is 106 cm³/mol. The van der Waals surface area contributed by atoms with Crippen LogP contribution in [0.4, 0.5) is 0 Å². The van der Waals surface area contributed by atoms with Gasteiger partial charge in [-0.1, -0.05) is 11.6 Å². The summed E-state index contributed by atoms with van der Waals surface area (Å²) >= 11 is 0. The van der Waals surface area contributed by atoms with Crippen LogP contribution in [-0.2, 0) is 9.59 Å². The van der Waals surface area contributed by atoms with Crippen molar-refractivity contribution in [1.29, 1.82) is 0 Å². The summed E-state index contributed by atoms with van der Waals surface area (Å²) in [4.78, 5) is 30.7. The number of nitrogens with zero attached hydrogens (tertiary/aromatic N) is 3. The lowest BCUT2D eigenvalue weighted by Crippen LogP contribution is -2.51. The Morgan fingerprint density at radius 3 is 2.41 bits per heavy atom. The second kappa shape index (κ2) is 9.04. The fourth-order valence-electron chi connectivity index (χ4n) is 3.63. The number of likely N-dealkylation sites (tertiary alicyclic amines) is 1. The Labute approximate surface area is 161 Å². The molecule has 146 valence electrons. The standard InChI is InChI=1S/C21H29N3O3/c1-17-5-7-19(27-2)18(15-17)6-8-20(25)24-13-11-22(12-14-24)16-21(26)23-9-3-4-10-23/h5-8,15H,3-4,9-14,16H2,1-2H3/b8-6+. The number of carbonyl (C=O) groups excluding carboxylic acids is 2. The maximum Gasteiger partial charge on any atom is 0.246 e. The molecule has 6 nitrogen and oxygen atoms in total. The number of aryl methyl sites for hydroxylation is 1. The van der Waals surface area contributed by atoms with Gasteiger partial charge in [0.05, 0.1) is 13.7 Å². The first-order valence-electron chi connectivity index (χ1n) is 9.68. The van der Waals surface area contributed by atoms with E-state index >= 15 is 0 Å². The van der Waals surface area contributed by atoms with Gasteiger partial charge in [0.15, 0.2) is 0 Å². The third kappa shape index (κ3) is 5.10. The van der Waals surface area contributed by atoms with Crippen molar-refractivity contribution in [2.45, 2.75) is 19.8 Å². The third-order valence-corrected chi connectivity index (χ3v) is 5.29. The summed E-state index contributed by atoms with van der Waals surface area (Å²) in [7, 11) is 1.63. The monoisotopic (exact) mass is 371 g/mol. The first-order chi connectivity index (χ1) is 13.1. The zero-order chi connectivity index (χ0) is 19.2. The molecule has 2 amide bonds. The molecule has 2 saturated heterocycles. The molecular formula is C21H29N3O3. The summed E-state index contributed by atoms with van der Waals surface area (Å²) < 4.78 is 5.35. The molecule has 1 aromatic rings. The van der Waals surface area contributed by atoms with Crippen molar-refractivity contribution >= 4 is 17.9 Å². The first-order valence-corrected chi connectivity index (χ1v) is 9.68. The quantitative estimate of drug-likeness (QED) is 0.741. The number of hydrogen-bond acceptors (Lipinski definition) is 4. The van der Waals surface area contributed by atoms with Crippen LogP contribution in [-0.4, -0.2) is 79.4 Å². The molecule has 0 saturated carbocycles. The van der Waals surface area contributed by atoms with Crippen LogP contribution >= 0.6 is 0 Å². The van der Waals surface area contributed by atoms with Gasteiger partial charge in [0, 0.05) is 50.9 Å². The minimum absolute atomic E-state index is 0.00378. The first kappa shape index (κ1) is 19.4. The zero-order valence-corrected chi connectivity index (χ0v) is 16.3. The van der Waals surface area contributed by atoms with Gasteiger partial charge < -0.3 is 14.5 Å². The maximum absolute atomic E-state index is 12.5. The minimum Gasteiger partial charge on any atom is -0.496 e. The van der Waals surface area contributed by atoms with Crippen LogP contribution in [0.5, 0.6) is 5.75 Å². The summed E-state index contributed by atoms with van der Waals surface area (Å²) in [5.41, 5.74) is 2.03. The van der Waals surface area contributed by atoms with E-state index in [9.17, 15) is 9.59 Å². The number of benzene rings is 1. The van der Waals surface area contributed by atoms with Crippen molar-refractivity contribution in [2.75, 3.05) is 52.9 Å². The molecule has 0 atom stereocenters. The van der Waals surface area contributed by atoms with E-state index in [0.717, 1.165) is 55.9 Å². The SMILES string of the molecule is COc1ccc(C)cc1/C=C/C(=O)N1CCN(CC(=O)N2CCCC2)CC1. The lowest BCUT2D eigenvalue weighted by Gasteiger charge is -2.34. The number of amides is 2. The number of hydrogen-bond donors (Lipinski definition) is 0. The van der Waals surface area contributed by atoms with Crippen LogP contribution in [0.25, 0.3) is 6.08 Å². The molecule has 0 aliphatic carbocycles. The van der Waals surface area contributed by atoms with Gasteiger partial charge in [-0.15, -0.1) is 0 Å². The Morgan fingerprint density at radius 1 is 1.04 bits per heavy atom. The molecule has 27 heavy (non-hydrogen) atoms. The predicted octanol–water partition coefficient (Wildman–Crippen LogP) is 1.78. The van der Waals surface area contributed by atoms with Gasteiger partial charge in [-0.25, -0.2) is 0 Å². The van der Waals surface area contributed by atoms with Crippen LogP contribution < -0.4 is 4.74 Å². The number of methoxy groups -OCH3 is 1. The molecular weight excluding hydrogens is 342 g/mol.